The van der Waals surface area contributed by atoms with E-state index in [1.807, 2.05) is 6.07 Å². The van der Waals surface area contributed by atoms with Gasteiger partial charge < -0.3 is 4.55 Å². The molecule has 55 heavy (non-hydrogen) atoms. The fraction of sp³-hybridized carbons (Fsp3) is 0.880. The second-order valence-corrected chi connectivity index (χ2v) is 23.5. The molecule has 1 rings (SSSR count). The smallest absolute Gasteiger partial charge is 0.124 e. The number of hydrogen-bond acceptors (Lipinski definition) is 3. The van der Waals surface area contributed by atoms with Crippen LogP contribution in [0.15, 0.2) is 29.2 Å². The van der Waals surface area contributed by atoms with Gasteiger partial charge in [-0.15, -0.1) is 0 Å². The lowest BCUT2D eigenvalue weighted by atomic mass is 9.87. The Kier molecular flexibility index (Phi) is 33.9. The van der Waals surface area contributed by atoms with E-state index in [1.165, 1.54) is 224 Å². The van der Waals surface area contributed by atoms with Crippen LogP contribution in [0.25, 0.3) is 0 Å². The first kappa shape index (κ1) is 52.6. The van der Waals surface area contributed by atoms with E-state index in [1.54, 1.807) is 12.1 Å². The van der Waals surface area contributed by atoms with Crippen LogP contribution in [0.1, 0.15) is 264 Å². The number of rotatable bonds is 41. The summed E-state index contributed by atoms with van der Waals surface area (Å²) in [6, 6.07) is 7.52. The first-order chi connectivity index (χ1) is 26.8. The summed E-state index contributed by atoms with van der Waals surface area (Å²) in [5, 5.41) is 0. The van der Waals surface area contributed by atoms with E-state index in [2.05, 4.69) is 40.7 Å². The molecule has 0 saturated heterocycles. The minimum atomic E-state index is -4.56. The molecule has 0 fully saturated rings. The fourth-order valence-corrected chi connectivity index (χ4v) is 16.3. The van der Waals surface area contributed by atoms with Crippen molar-refractivity contribution < 1.29 is 13.0 Å². The molecule has 0 aliphatic carbocycles. The third kappa shape index (κ3) is 24.9. The van der Waals surface area contributed by atoms with E-state index in [0.29, 0.717) is 5.66 Å². The molecule has 0 radical (unpaired) electrons. The van der Waals surface area contributed by atoms with Crippen LogP contribution in [0.3, 0.4) is 0 Å². The standard InChI is InChI=1S/C50H95O3PS/c1-6-11-16-21-23-25-26-28-30-32-34-42-49(54(44-37-18-13-8-3,45-38-19-14-9-4)46-39-20-15-10-5)47(40-33-31-29-27-24-22-17-12-7-2)48-41-35-36-43-50(48)55(51,52)53/h35-36,41,43,47,49H,6-34,37-40,42,44-46H2,1-5H3. The average molecular weight is 807 g/mol. The van der Waals surface area contributed by atoms with Gasteiger partial charge in [0.15, 0.2) is 0 Å². The van der Waals surface area contributed by atoms with E-state index >= 15 is 0 Å². The lowest BCUT2D eigenvalue weighted by Crippen LogP contribution is -2.30. The molecular weight excluding hydrogens is 712 g/mol. The van der Waals surface area contributed by atoms with Crippen LogP contribution in [-0.2, 0) is 10.1 Å². The number of unbranched alkanes of at least 4 members (excludes halogenated alkanes) is 27. The number of benzene rings is 1. The molecule has 0 heterocycles. The lowest BCUT2D eigenvalue weighted by molar-refractivity contribution is 0.453. The summed E-state index contributed by atoms with van der Waals surface area (Å²) in [6.07, 6.45) is 48.5. The van der Waals surface area contributed by atoms with Crippen molar-refractivity contribution in [1.82, 2.24) is 0 Å². The summed E-state index contributed by atoms with van der Waals surface area (Å²) >= 11 is 0. The van der Waals surface area contributed by atoms with Crippen molar-refractivity contribution in [3.63, 3.8) is 0 Å². The van der Waals surface area contributed by atoms with Crippen LogP contribution in [0.2, 0.25) is 0 Å². The van der Waals surface area contributed by atoms with Crippen molar-refractivity contribution in [2.24, 2.45) is 0 Å². The average Bonchev–Trinajstić information content (AvgIpc) is 3.18. The molecule has 0 saturated carbocycles. The first-order valence-electron chi connectivity index (χ1n) is 24.7. The van der Waals surface area contributed by atoms with Gasteiger partial charge >= 0.3 is 0 Å². The summed E-state index contributed by atoms with van der Waals surface area (Å²) in [4.78, 5) is 0.0842. The largest absolute Gasteiger partial charge is 0.744 e. The van der Waals surface area contributed by atoms with Gasteiger partial charge in [-0.1, -0.05) is 213 Å². The van der Waals surface area contributed by atoms with Gasteiger partial charge in [-0.2, -0.15) is 0 Å². The molecule has 0 aliphatic heterocycles. The monoisotopic (exact) mass is 807 g/mol. The molecule has 324 valence electrons. The topological polar surface area (TPSA) is 57.2 Å². The maximum Gasteiger partial charge on any atom is 0.124 e. The predicted octanol–water partition coefficient (Wildman–Crippen LogP) is 17.4. The van der Waals surface area contributed by atoms with Crippen LogP contribution >= 0.6 is 7.26 Å². The van der Waals surface area contributed by atoms with Crippen LogP contribution in [-0.4, -0.2) is 37.1 Å². The summed E-state index contributed by atoms with van der Waals surface area (Å²) < 4.78 is 39.0. The molecule has 0 aromatic heterocycles. The van der Waals surface area contributed by atoms with E-state index in [0.717, 1.165) is 18.4 Å². The van der Waals surface area contributed by atoms with Crippen LogP contribution in [0.5, 0.6) is 0 Å². The predicted molar refractivity (Wildman–Crippen MR) is 248 cm³/mol. The minimum absolute atomic E-state index is 0.0842. The Hall–Kier alpha value is -0.440. The Morgan fingerprint density at radius 3 is 1.11 bits per heavy atom. The molecule has 5 heteroatoms. The van der Waals surface area contributed by atoms with Gasteiger partial charge in [0.1, 0.15) is 10.1 Å². The SMILES string of the molecule is CCCCCCCCCCCCCC(C(CCCCCCCCCCC)c1ccccc1S(=O)(=O)[O-])[P+](CCCCCC)(CCCCCC)CCCCCC. The van der Waals surface area contributed by atoms with E-state index < -0.39 is 17.4 Å². The molecule has 0 bridgehead atoms. The summed E-state index contributed by atoms with van der Waals surface area (Å²) in [5.74, 6) is 0.171. The Morgan fingerprint density at radius 2 is 0.745 bits per heavy atom. The highest BCUT2D eigenvalue weighted by atomic mass is 32.2. The van der Waals surface area contributed by atoms with Crippen LogP contribution in [0, 0.1) is 0 Å². The molecule has 1 aromatic rings. The van der Waals surface area contributed by atoms with Gasteiger partial charge in [0.2, 0.25) is 0 Å². The van der Waals surface area contributed by atoms with Gasteiger partial charge in [-0.25, -0.2) is 8.42 Å². The fourth-order valence-electron chi connectivity index (χ4n) is 9.51. The zero-order valence-corrected chi connectivity index (χ0v) is 39.4. The molecule has 2 atom stereocenters. The van der Waals surface area contributed by atoms with Gasteiger partial charge in [0.25, 0.3) is 0 Å². The summed E-state index contributed by atoms with van der Waals surface area (Å²) in [6.45, 7) is 11.6. The minimum Gasteiger partial charge on any atom is -0.744 e. The van der Waals surface area contributed by atoms with Crippen LogP contribution < -0.4 is 0 Å². The van der Waals surface area contributed by atoms with E-state index in [4.69, 9.17) is 0 Å². The molecule has 1 aromatic carbocycles. The lowest BCUT2D eigenvalue weighted by Gasteiger charge is -2.41. The van der Waals surface area contributed by atoms with Crippen LogP contribution in [0.4, 0.5) is 0 Å². The first-order valence-corrected chi connectivity index (χ1v) is 28.5. The van der Waals surface area contributed by atoms with Gasteiger partial charge in [0, 0.05) is 13.2 Å². The molecule has 0 aliphatic rings. The highest BCUT2D eigenvalue weighted by Crippen LogP contribution is 2.69. The molecule has 0 amide bonds. The molecule has 2 unspecified atom stereocenters. The maximum atomic E-state index is 13.0. The molecule has 0 N–H and O–H groups in total. The third-order valence-electron chi connectivity index (χ3n) is 12.8. The van der Waals surface area contributed by atoms with Gasteiger partial charge in [-0.3, -0.25) is 0 Å². The van der Waals surface area contributed by atoms with Crippen molar-refractivity contribution in [3.8, 4) is 0 Å². The highest BCUT2D eigenvalue weighted by Gasteiger charge is 2.48. The Bertz CT molecular complexity index is 1060. The normalized spacial score (nSPS) is 13.4. The van der Waals surface area contributed by atoms with Crippen molar-refractivity contribution in [2.45, 2.75) is 269 Å². The van der Waals surface area contributed by atoms with Gasteiger partial charge in [-0.05, 0) is 69.4 Å². The quantitative estimate of drug-likeness (QED) is 0.0376. The van der Waals surface area contributed by atoms with Crippen molar-refractivity contribution in [3.05, 3.63) is 29.8 Å². The van der Waals surface area contributed by atoms with Crippen molar-refractivity contribution in [1.29, 1.82) is 0 Å². The third-order valence-corrected chi connectivity index (χ3v) is 19.4. The van der Waals surface area contributed by atoms with Gasteiger partial charge in [0.05, 0.1) is 29.0 Å². The zero-order chi connectivity index (χ0) is 40.3. The molecule has 0 spiro atoms. The van der Waals surface area contributed by atoms with E-state index in [9.17, 15) is 13.0 Å². The Balaban J connectivity index is 3.53. The zero-order valence-electron chi connectivity index (χ0n) is 37.7. The Labute approximate surface area is 346 Å². The molecule has 3 nitrogen and oxygen atoms in total. The Morgan fingerprint density at radius 1 is 0.436 bits per heavy atom. The second-order valence-electron chi connectivity index (χ2n) is 17.7. The molecular formula is C50H95O3PS. The summed E-state index contributed by atoms with van der Waals surface area (Å²) in [7, 11) is -6.04. The maximum absolute atomic E-state index is 13.0. The summed E-state index contributed by atoms with van der Waals surface area (Å²) in [5.41, 5.74) is 1.40. The van der Waals surface area contributed by atoms with Crippen molar-refractivity contribution in [2.75, 3.05) is 18.5 Å². The second kappa shape index (κ2) is 35.5. The van der Waals surface area contributed by atoms with Crippen molar-refractivity contribution >= 4 is 17.4 Å². The highest BCUT2D eigenvalue weighted by molar-refractivity contribution is 7.85. The van der Waals surface area contributed by atoms with E-state index in [-0.39, 0.29) is 10.8 Å². The number of hydrogen-bond donors (Lipinski definition) is 0.